The van der Waals surface area contributed by atoms with E-state index in [0.29, 0.717) is 0 Å². The van der Waals surface area contributed by atoms with Gasteiger partial charge in [-0.25, -0.2) is 0 Å². The van der Waals surface area contributed by atoms with E-state index in [1.165, 1.54) is 0 Å². The summed E-state index contributed by atoms with van der Waals surface area (Å²) in [5, 5.41) is 7.82. The first-order chi connectivity index (χ1) is 4.43. The van der Waals surface area contributed by atoms with Gasteiger partial charge in [-0.3, -0.25) is 0 Å². The minimum Gasteiger partial charge on any atom is -0.185 e. The van der Waals surface area contributed by atoms with Crippen LogP contribution in [0.25, 0.3) is 0 Å². The van der Waals surface area contributed by atoms with Gasteiger partial charge >= 0.3 is 0 Å². The van der Waals surface area contributed by atoms with E-state index in [1.54, 1.807) is 17.2 Å². The number of allylic oxidation sites excluding steroid dienone is 1. The predicted octanol–water partition coefficient (Wildman–Crippen LogP) is 0.854. The van der Waals surface area contributed by atoms with E-state index in [4.69, 9.17) is 0 Å². The van der Waals surface area contributed by atoms with Crippen LogP contribution in [0.4, 0.5) is 0 Å². The van der Waals surface area contributed by atoms with Crippen LogP contribution in [-0.2, 0) is 6.54 Å². The molecule has 0 bridgehead atoms. The standard InChI is InChI=1S/C6H9N3/c1-2-3-6-9-7-4-5-8-9/h2,4-5H,1,3,6H2. The second-order valence-corrected chi connectivity index (χ2v) is 1.70. The van der Waals surface area contributed by atoms with Crippen molar-refractivity contribution in [3.63, 3.8) is 0 Å². The number of nitrogens with zero attached hydrogens (tertiary/aromatic N) is 3. The van der Waals surface area contributed by atoms with Gasteiger partial charge in [-0.1, -0.05) is 6.08 Å². The normalized spacial score (nSPS) is 9.33. The fourth-order valence-corrected chi connectivity index (χ4v) is 0.566. The molecule has 0 saturated heterocycles. The van der Waals surface area contributed by atoms with Crippen molar-refractivity contribution < 1.29 is 0 Å². The molecule has 1 aromatic rings. The monoisotopic (exact) mass is 123 g/mol. The lowest BCUT2D eigenvalue weighted by molar-refractivity contribution is 0.543. The van der Waals surface area contributed by atoms with Crippen LogP contribution in [0.5, 0.6) is 0 Å². The second-order valence-electron chi connectivity index (χ2n) is 1.70. The van der Waals surface area contributed by atoms with Gasteiger partial charge in [-0.15, -0.1) is 6.58 Å². The zero-order chi connectivity index (χ0) is 6.53. The molecule has 0 saturated carbocycles. The maximum Gasteiger partial charge on any atom is 0.0693 e. The lowest BCUT2D eigenvalue weighted by Crippen LogP contribution is -2.00. The summed E-state index contributed by atoms with van der Waals surface area (Å²) in [7, 11) is 0. The Morgan fingerprint density at radius 2 is 2.11 bits per heavy atom. The molecular weight excluding hydrogens is 114 g/mol. The predicted molar refractivity (Wildman–Crippen MR) is 34.8 cm³/mol. The van der Waals surface area contributed by atoms with Gasteiger partial charge in [-0.05, 0) is 6.42 Å². The van der Waals surface area contributed by atoms with Crippen molar-refractivity contribution in [1.29, 1.82) is 0 Å². The molecule has 0 unspecified atom stereocenters. The summed E-state index contributed by atoms with van der Waals surface area (Å²) in [5.41, 5.74) is 0. The number of rotatable bonds is 3. The van der Waals surface area contributed by atoms with Crippen LogP contribution >= 0.6 is 0 Å². The summed E-state index contributed by atoms with van der Waals surface area (Å²) in [6.45, 7) is 4.42. The highest BCUT2D eigenvalue weighted by atomic mass is 15.5. The van der Waals surface area contributed by atoms with Crippen LogP contribution in [0, 0.1) is 0 Å². The average molecular weight is 123 g/mol. The van der Waals surface area contributed by atoms with Gasteiger partial charge in [0, 0.05) is 0 Å². The molecule has 0 atom stereocenters. The molecule has 0 fully saturated rings. The largest absolute Gasteiger partial charge is 0.185 e. The molecule has 1 aromatic heterocycles. The van der Waals surface area contributed by atoms with Crippen LogP contribution in [0.1, 0.15) is 6.42 Å². The summed E-state index contributed by atoms with van der Waals surface area (Å²) >= 11 is 0. The molecule has 0 aromatic carbocycles. The van der Waals surface area contributed by atoms with Gasteiger partial charge in [0.05, 0.1) is 18.9 Å². The minimum absolute atomic E-state index is 0.830. The van der Waals surface area contributed by atoms with Gasteiger partial charge in [0.15, 0.2) is 0 Å². The smallest absolute Gasteiger partial charge is 0.0693 e. The topological polar surface area (TPSA) is 30.7 Å². The Morgan fingerprint density at radius 1 is 1.44 bits per heavy atom. The highest BCUT2D eigenvalue weighted by molar-refractivity contribution is 4.66. The van der Waals surface area contributed by atoms with E-state index in [0.717, 1.165) is 13.0 Å². The van der Waals surface area contributed by atoms with E-state index < -0.39 is 0 Å². The number of aryl methyl sites for hydroxylation is 1. The first kappa shape index (κ1) is 6.01. The molecule has 1 rings (SSSR count). The Labute approximate surface area is 54.0 Å². The lowest BCUT2D eigenvalue weighted by Gasteiger charge is -1.91. The highest BCUT2D eigenvalue weighted by Crippen LogP contribution is 1.84. The fraction of sp³-hybridized carbons (Fsp3) is 0.333. The van der Waals surface area contributed by atoms with Crippen molar-refractivity contribution in [2.24, 2.45) is 0 Å². The molecule has 48 valence electrons. The van der Waals surface area contributed by atoms with Crippen LogP contribution in [0.3, 0.4) is 0 Å². The van der Waals surface area contributed by atoms with E-state index in [-0.39, 0.29) is 0 Å². The van der Waals surface area contributed by atoms with Crippen LogP contribution < -0.4 is 0 Å². The molecule has 3 nitrogen and oxygen atoms in total. The summed E-state index contributed by atoms with van der Waals surface area (Å²) in [4.78, 5) is 1.64. The SMILES string of the molecule is C=CCCn1nccn1. The van der Waals surface area contributed by atoms with Crippen molar-refractivity contribution in [2.45, 2.75) is 13.0 Å². The zero-order valence-corrected chi connectivity index (χ0v) is 5.20. The number of hydrogen-bond donors (Lipinski definition) is 0. The maximum absolute atomic E-state index is 3.91. The van der Waals surface area contributed by atoms with Crippen LogP contribution in [0.15, 0.2) is 25.0 Å². The molecular formula is C6H9N3. The van der Waals surface area contributed by atoms with Gasteiger partial charge in [0.1, 0.15) is 0 Å². The van der Waals surface area contributed by atoms with Crippen molar-refractivity contribution in [2.75, 3.05) is 0 Å². The van der Waals surface area contributed by atoms with Crippen LogP contribution in [0.2, 0.25) is 0 Å². The van der Waals surface area contributed by atoms with Crippen molar-refractivity contribution >= 4 is 0 Å². The third kappa shape index (κ3) is 1.68. The first-order valence-electron chi connectivity index (χ1n) is 2.88. The first-order valence-corrected chi connectivity index (χ1v) is 2.88. The van der Waals surface area contributed by atoms with E-state index >= 15 is 0 Å². The molecule has 0 radical (unpaired) electrons. The maximum atomic E-state index is 3.91. The number of aromatic nitrogens is 3. The fourth-order valence-electron chi connectivity index (χ4n) is 0.566. The Bertz CT molecular complexity index is 166. The molecule has 0 aliphatic rings. The Balaban J connectivity index is 2.38. The van der Waals surface area contributed by atoms with Crippen molar-refractivity contribution in [1.82, 2.24) is 15.0 Å². The Hall–Kier alpha value is -1.12. The van der Waals surface area contributed by atoms with E-state index in [1.807, 2.05) is 6.08 Å². The molecule has 9 heavy (non-hydrogen) atoms. The quantitative estimate of drug-likeness (QED) is 0.558. The van der Waals surface area contributed by atoms with Crippen LogP contribution in [-0.4, -0.2) is 15.0 Å². The van der Waals surface area contributed by atoms with Gasteiger partial charge < -0.3 is 0 Å². The molecule has 0 spiro atoms. The van der Waals surface area contributed by atoms with E-state index in [9.17, 15) is 0 Å². The summed E-state index contributed by atoms with van der Waals surface area (Å²) in [5.74, 6) is 0. The Morgan fingerprint density at radius 3 is 2.67 bits per heavy atom. The molecule has 0 N–H and O–H groups in total. The van der Waals surface area contributed by atoms with Gasteiger partial charge in [0.25, 0.3) is 0 Å². The van der Waals surface area contributed by atoms with E-state index in [2.05, 4.69) is 16.8 Å². The van der Waals surface area contributed by atoms with Crippen molar-refractivity contribution in [3.05, 3.63) is 25.0 Å². The molecule has 0 amide bonds. The zero-order valence-electron chi connectivity index (χ0n) is 5.20. The van der Waals surface area contributed by atoms with Gasteiger partial charge in [-0.2, -0.15) is 15.0 Å². The average Bonchev–Trinajstić information content (AvgIpc) is 2.34. The van der Waals surface area contributed by atoms with Gasteiger partial charge in [0.2, 0.25) is 0 Å². The summed E-state index contributed by atoms with van der Waals surface area (Å²) < 4.78 is 0. The van der Waals surface area contributed by atoms with Crippen molar-refractivity contribution in [3.8, 4) is 0 Å². The molecule has 0 aliphatic carbocycles. The molecule has 1 heterocycles. The second kappa shape index (κ2) is 3.02. The third-order valence-electron chi connectivity index (χ3n) is 1.000. The minimum atomic E-state index is 0.830. The summed E-state index contributed by atoms with van der Waals surface area (Å²) in [6.07, 6.45) is 6.12. The summed E-state index contributed by atoms with van der Waals surface area (Å²) in [6, 6.07) is 0. The lowest BCUT2D eigenvalue weighted by atomic mass is 10.4. The highest BCUT2D eigenvalue weighted by Gasteiger charge is 1.85. The third-order valence-corrected chi connectivity index (χ3v) is 1.000. The Kier molecular flexibility index (Phi) is 2.01. The number of hydrogen-bond acceptors (Lipinski definition) is 2. The molecule has 3 heteroatoms. The molecule has 0 aliphatic heterocycles.